The Morgan fingerprint density at radius 1 is 1.12 bits per heavy atom. The molecule has 0 saturated carbocycles. The molecule has 33 heavy (non-hydrogen) atoms. The van der Waals surface area contributed by atoms with Crippen LogP contribution in [-0.2, 0) is 6.42 Å². The lowest BCUT2D eigenvalue weighted by Gasteiger charge is -2.34. The highest BCUT2D eigenvalue weighted by atomic mass is 16.5. The van der Waals surface area contributed by atoms with Gasteiger partial charge < -0.3 is 29.2 Å². The molecule has 4 rings (SSSR count). The summed E-state index contributed by atoms with van der Waals surface area (Å²) in [6, 6.07) is 9.21. The van der Waals surface area contributed by atoms with Crippen LogP contribution in [0.1, 0.15) is 19.4 Å². The highest BCUT2D eigenvalue weighted by molar-refractivity contribution is 5.93. The molecule has 7 nitrogen and oxygen atoms in total. The Bertz CT molecular complexity index is 1220. The molecule has 0 unspecified atom stereocenters. The van der Waals surface area contributed by atoms with Crippen molar-refractivity contribution in [3.8, 4) is 28.6 Å². The van der Waals surface area contributed by atoms with Gasteiger partial charge in [0, 0.05) is 49.1 Å². The Hall–Kier alpha value is -3.45. The zero-order valence-electron chi connectivity index (χ0n) is 19.3. The van der Waals surface area contributed by atoms with E-state index in [9.17, 15) is 15.0 Å². The van der Waals surface area contributed by atoms with Crippen LogP contribution in [0.2, 0.25) is 0 Å². The predicted molar refractivity (Wildman–Crippen MR) is 131 cm³/mol. The second kappa shape index (κ2) is 9.19. The number of piperazine rings is 1. The molecule has 3 aromatic rings. The van der Waals surface area contributed by atoms with Gasteiger partial charge in [-0.25, -0.2) is 0 Å². The second-order valence-corrected chi connectivity index (χ2v) is 8.68. The number of anilines is 1. The number of hydrogen-bond donors (Lipinski definition) is 2. The van der Waals surface area contributed by atoms with E-state index in [4.69, 9.17) is 9.15 Å². The summed E-state index contributed by atoms with van der Waals surface area (Å²) in [6.07, 6.45) is 1.44. The lowest BCUT2D eigenvalue weighted by atomic mass is 10.0. The molecule has 2 heterocycles. The maximum atomic E-state index is 13.0. The number of hydrogen-bond acceptors (Lipinski definition) is 7. The molecule has 0 bridgehead atoms. The van der Waals surface area contributed by atoms with Crippen LogP contribution in [0.4, 0.5) is 5.69 Å². The summed E-state index contributed by atoms with van der Waals surface area (Å²) >= 11 is 0. The van der Waals surface area contributed by atoms with Crippen molar-refractivity contribution in [2.24, 2.45) is 0 Å². The van der Waals surface area contributed by atoms with Gasteiger partial charge in [0.15, 0.2) is 16.8 Å². The number of aromatic hydroxyl groups is 2. The first-order chi connectivity index (χ1) is 15.8. The SMILES string of the molecule is C=CCc1c(O)c(OC(C)C)c2oc(-c3ccc(N4CCN(C)CC4)cc3)cc(=O)c2c1O. The molecular formula is C26H30N2O5. The first-order valence-electron chi connectivity index (χ1n) is 11.2. The monoisotopic (exact) mass is 450 g/mol. The van der Waals surface area contributed by atoms with E-state index in [1.165, 1.54) is 12.1 Å². The Kier molecular flexibility index (Phi) is 6.33. The van der Waals surface area contributed by atoms with Crippen molar-refractivity contribution >= 4 is 16.7 Å². The molecule has 1 aliphatic rings. The van der Waals surface area contributed by atoms with Crippen molar-refractivity contribution in [1.82, 2.24) is 4.90 Å². The number of phenolic OH excluding ortho intramolecular Hbond substituents is 2. The Balaban J connectivity index is 1.80. The van der Waals surface area contributed by atoms with Crippen molar-refractivity contribution in [2.45, 2.75) is 26.4 Å². The summed E-state index contributed by atoms with van der Waals surface area (Å²) in [7, 11) is 2.12. The number of benzene rings is 2. The molecule has 7 heteroatoms. The van der Waals surface area contributed by atoms with Gasteiger partial charge >= 0.3 is 0 Å². The molecule has 1 aliphatic heterocycles. The first-order valence-corrected chi connectivity index (χ1v) is 11.2. The third-order valence-electron chi connectivity index (χ3n) is 5.90. The van der Waals surface area contributed by atoms with Crippen molar-refractivity contribution in [1.29, 1.82) is 0 Å². The highest BCUT2D eigenvalue weighted by Crippen LogP contribution is 2.45. The third-order valence-corrected chi connectivity index (χ3v) is 5.90. The minimum Gasteiger partial charge on any atom is -0.507 e. The van der Waals surface area contributed by atoms with Crippen LogP contribution in [0.3, 0.4) is 0 Å². The van der Waals surface area contributed by atoms with E-state index >= 15 is 0 Å². The van der Waals surface area contributed by atoms with Crippen molar-refractivity contribution in [2.75, 3.05) is 38.1 Å². The Morgan fingerprint density at radius 2 is 1.79 bits per heavy atom. The van der Waals surface area contributed by atoms with Crippen LogP contribution in [0.5, 0.6) is 17.2 Å². The number of ether oxygens (including phenoxy) is 1. The topological polar surface area (TPSA) is 86.4 Å². The third kappa shape index (κ3) is 4.41. The molecule has 1 fully saturated rings. The molecule has 174 valence electrons. The molecule has 0 spiro atoms. The molecule has 0 amide bonds. The molecule has 1 saturated heterocycles. The number of phenols is 2. The van der Waals surface area contributed by atoms with Gasteiger partial charge in [0.05, 0.1) is 6.10 Å². The lowest BCUT2D eigenvalue weighted by Crippen LogP contribution is -2.44. The summed E-state index contributed by atoms with van der Waals surface area (Å²) in [5.74, 6) is -0.188. The van der Waals surface area contributed by atoms with Crippen LogP contribution in [-0.4, -0.2) is 54.4 Å². The largest absolute Gasteiger partial charge is 0.507 e. The zero-order valence-corrected chi connectivity index (χ0v) is 19.3. The molecule has 0 atom stereocenters. The molecule has 0 aliphatic carbocycles. The molecule has 1 aromatic heterocycles. The van der Waals surface area contributed by atoms with Crippen molar-refractivity contribution in [3.63, 3.8) is 0 Å². The lowest BCUT2D eigenvalue weighted by molar-refractivity contribution is 0.231. The maximum Gasteiger partial charge on any atom is 0.205 e. The van der Waals surface area contributed by atoms with Gasteiger partial charge in [-0.15, -0.1) is 6.58 Å². The number of nitrogens with zero attached hydrogens (tertiary/aromatic N) is 2. The minimum atomic E-state index is -0.411. The first kappa shape index (κ1) is 22.7. The molecular weight excluding hydrogens is 420 g/mol. The molecule has 2 N–H and O–H groups in total. The fraction of sp³-hybridized carbons (Fsp3) is 0.346. The fourth-order valence-corrected chi connectivity index (χ4v) is 4.11. The second-order valence-electron chi connectivity index (χ2n) is 8.68. The smallest absolute Gasteiger partial charge is 0.205 e. The minimum absolute atomic E-state index is 0.0156. The van der Waals surface area contributed by atoms with E-state index in [-0.39, 0.29) is 46.3 Å². The van der Waals surface area contributed by atoms with Gasteiger partial charge in [-0.1, -0.05) is 6.08 Å². The average molecular weight is 451 g/mol. The molecule has 0 radical (unpaired) electrons. The van der Waals surface area contributed by atoms with Crippen LogP contribution in [0, 0.1) is 0 Å². The zero-order chi connectivity index (χ0) is 23.7. The summed E-state index contributed by atoms with van der Waals surface area (Å²) in [6.45, 7) is 11.2. The number of rotatable bonds is 6. The van der Waals surface area contributed by atoms with E-state index in [0.717, 1.165) is 37.4 Å². The van der Waals surface area contributed by atoms with Crippen LogP contribution >= 0.6 is 0 Å². The van der Waals surface area contributed by atoms with Gasteiger partial charge in [-0.05, 0) is 51.6 Å². The number of likely N-dealkylation sites (N-methyl/N-ethyl adjacent to an activating group) is 1. The average Bonchev–Trinajstić information content (AvgIpc) is 2.79. The van der Waals surface area contributed by atoms with Crippen LogP contribution in [0.25, 0.3) is 22.3 Å². The number of allylic oxidation sites excluding steroid dienone is 1. The Labute approximate surface area is 193 Å². The van der Waals surface area contributed by atoms with Gasteiger partial charge in [-0.3, -0.25) is 4.79 Å². The van der Waals surface area contributed by atoms with Gasteiger partial charge in [0.1, 0.15) is 16.9 Å². The highest BCUT2D eigenvalue weighted by Gasteiger charge is 2.25. The summed E-state index contributed by atoms with van der Waals surface area (Å²) in [4.78, 5) is 17.7. The van der Waals surface area contributed by atoms with Gasteiger partial charge in [-0.2, -0.15) is 0 Å². The molecule has 2 aromatic carbocycles. The standard InChI is InChI=1S/C26H30N2O5/c1-5-6-19-23(30)22-20(29)15-21(33-25(22)26(24(19)31)32-16(2)3)17-7-9-18(10-8-17)28-13-11-27(4)12-14-28/h5,7-10,15-16,30-31H,1,6,11-14H2,2-4H3. The predicted octanol–water partition coefficient (Wildman–Crippen LogP) is 4.14. The van der Waals surface area contributed by atoms with E-state index in [2.05, 4.69) is 23.4 Å². The van der Waals surface area contributed by atoms with Gasteiger partial charge in [0.2, 0.25) is 5.75 Å². The van der Waals surface area contributed by atoms with Crippen LogP contribution in [0.15, 0.2) is 52.2 Å². The Morgan fingerprint density at radius 3 is 2.39 bits per heavy atom. The van der Waals surface area contributed by atoms with Crippen LogP contribution < -0.4 is 15.1 Å². The van der Waals surface area contributed by atoms with Crippen molar-refractivity contribution in [3.05, 3.63) is 58.8 Å². The van der Waals surface area contributed by atoms with Gasteiger partial charge in [0.25, 0.3) is 0 Å². The maximum absolute atomic E-state index is 13.0. The summed E-state index contributed by atoms with van der Waals surface area (Å²) in [5.41, 5.74) is 1.63. The summed E-state index contributed by atoms with van der Waals surface area (Å²) in [5, 5.41) is 21.5. The van der Waals surface area contributed by atoms with E-state index in [0.29, 0.717) is 5.76 Å². The summed E-state index contributed by atoms with van der Waals surface area (Å²) < 4.78 is 11.9. The van der Waals surface area contributed by atoms with E-state index in [1.807, 2.05) is 38.1 Å². The van der Waals surface area contributed by atoms with E-state index < -0.39 is 5.43 Å². The van der Waals surface area contributed by atoms with E-state index in [1.54, 1.807) is 0 Å². The number of fused-ring (bicyclic) bond motifs is 1. The fourth-order valence-electron chi connectivity index (χ4n) is 4.11. The van der Waals surface area contributed by atoms with Crippen molar-refractivity contribution < 1.29 is 19.4 Å². The normalized spacial score (nSPS) is 14.7. The quantitative estimate of drug-likeness (QED) is 0.546.